The van der Waals surface area contributed by atoms with Gasteiger partial charge in [0.05, 0.1) is 11.9 Å². The molecule has 0 amide bonds. The summed E-state index contributed by atoms with van der Waals surface area (Å²) in [4.78, 5) is 6.84. The molecule has 2 nitrogen and oxygen atoms in total. The van der Waals surface area contributed by atoms with Crippen LogP contribution in [-0.4, -0.2) is 18.1 Å². The molecule has 0 radical (unpaired) electrons. The second-order valence-corrected chi connectivity index (χ2v) is 4.52. The Morgan fingerprint density at radius 3 is 3.00 bits per heavy atom. The van der Waals surface area contributed by atoms with Crippen molar-refractivity contribution in [1.29, 1.82) is 0 Å². The molecule has 1 aliphatic heterocycles. The first-order chi connectivity index (χ1) is 7.29. The fourth-order valence-corrected chi connectivity index (χ4v) is 2.28. The van der Waals surface area contributed by atoms with Crippen LogP contribution in [-0.2, 0) is 0 Å². The van der Waals surface area contributed by atoms with Crippen molar-refractivity contribution in [3.63, 3.8) is 0 Å². The lowest BCUT2D eigenvalue weighted by Gasteiger charge is -2.33. The lowest BCUT2D eigenvalue weighted by atomic mass is 9.95. The number of aryl methyl sites for hydroxylation is 1. The van der Waals surface area contributed by atoms with Gasteiger partial charge in [-0.25, -0.2) is 0 Å². The Bertz CT molecular complexity index is 305. The van der Waals surface area contributed by atoms with Gasteiger partial charge in [-0.2, -0.15) is 0 Å². The molecule has 1 aromatic rings. The highest BCUT2D eigenvalue weighted by atomic mass is 15.1. The zero-order valence-electron chi connectivity index (χ0n) is 9.74. The number of hydrogen-bond acceptors (Lipinski definition) is 2. The summed E-state index contributed by atoms with van der Waals surface area (Å²) in [5.41, 5.74) is 2.39. The molecule has 2 rings (SSSR count). The number of pyridine rings is 1. The van der Waals surface area contributed by atoms with E-state index in [4.69, 9.17) is 0 Å². The Labute approximate surface area is 92.3 Å². The third-order valence-electron chi connectivity index (χ3n) is 3.36. The van der Waals surface area contributed by atoms with Gasteiger partial charge in [0.2, 0.25) is 0 Å². The molecule has 82 valence electrons. The molecule has 0 spiro atoms. The highest BCUT2D eigenvalue weighted by molar-refractivity contribution is 5.44. The molecule has 0 aromatic carbocycles. The topological polar surface area (TPSA) is 16.1 Å². The quantitative estimate of drug-likeness (QED) is 0.736. The largest absolute Gasteiger partial charge is 0.370 e. The van der Waals surface area contributed by atoms with Crippen LogP contribution < -0.4 is 4.90 Å². The predicted molar refractivity (Wildman–Crippen MR) is 64.2 cm³/mol. The first-order valence-electron chi connectivity index (χ1n) is 5.97. The highest BCUT2D eigenvalue weighted by Crippen LogP contribution is 2.24. The number of nitrogens with zero attached hydrogens (tertiary/aromatic N) is 2. The van der Waals surface area contributed by atoms with Crippen LogP contribution in [0.5, 0.6) is 0 Å². The summed E-state index contributed by atoms with van der Waals surface area (Å²) < 4.78 is 0. The van der Waals surface area contributed by atoms with Crippen LogP contribution >= 0.6 is 0 Å². The van der Waals surface area contributed by atoms with E-state index in [2.05, 4.69) is 28.9 Å². The third kappa shape index (κ3) is 2.49. The van der Waals surface area contributed by atoms with Gasteiger partial charge in [-0.15, -0.1) is 0 Å². The highest BCUT2D eigenvalue weighted by Gasteiger charge is 2.18. The number of anilines is 1. The Kier molecular flexibility index (Phi) is 3.24. The van der Waals surface area contributed by atoms with Crippen molar-refractivity contribution in [1.82, 2.24) is 4.98 Å². The summed E-state index contributed by atoms with van der Waals surface area (Å²) in [5.74, 6) is 0.875. The van der Waals surface area contributed by atoms with Crippen LogP contribution in [0.15, 0.2) is 18.3 Å². The average Bonchev–Trinajstić information content (AvgIpc) is 2.30. The summed E-state index contributed by atoms with van der Waals surface area (Å²) in [6.07, 6.45) is 6.03. The van der Waals surface area contributed by atoms with Gasteiger partial charge in [0.1, 0.15) is 0 Å². The number of aromatic nitrogens is 1. The molecule has 0 aliphatic carbocycles. The van der Waals surface area contributed by atoms with E-state index in [-0.39, 0.29) is 0 Å². The van der Waals surface area contributed by atoms with E-state index in [1.165, 1.54) is 38.0 Å². The van der Waals surface area contributed by atoms with E-state index >= 15 is 0 Å². The maximum Gasteiger partial charge on any atom is 0.0553 e. The van der Waals surface area contributed by atoms with E-state index in [1.54, 1.807) is 0 Å². The van der Waals surface area contributed by atoms with Crippen LogP contribution in [0.2, 0.25) is 0 Å². The molecule has 0 N–H and O–H groups in total. The monoisotopic (exact) mass is 204 g/mol. The van der Waals surface area contributed by atoms with Crippen molar-refractivity contribution in [2.75, 3.05) is 18.0 Å². The number of rotatable bonds is 2. The van der Waals surface area contributed by atoms with Gasteiger partial charge in [0, 0.05) is 18.8 Å². The normalized spacial score (nSPS) is 21.7. The van der Waals surface area contributed by atoms with Crippen LogP contribution in [0.3, 0.4) is 0 Å². The van der Waals surface area contributed by atoms with Gasteiger partial charge in [-0.05, 0) is 37.8 Å². The number of hydrogen-bond donors (Lipinski definition) is 0. The van der Waals surface area contributed by atoms with Crippen molar-refractivity contribution < 1.29 is 0 Å². The lowest BCUT2D eigenvalue weighted by Crippen LogP contribution is -2.35. The molecule has 0 bridgehead atoms. The molecule has 1 aromatic heterocycles. The van der Waals surface area contributed by atoms with Gasteiger partial charge in [-0.1, -0.05) is 13.3 Å². The van der Waals surface area contributed by atoms with Gasteiger partial charge in [0.25, 0.3) is 0 Å². The first kappa shape index (κ1) is 10.5. The van der Waals surface area contributed by atoms with E-state index < -0.39 is 0 Å². The summed E-state index contributed by atoms with van der Waals surface area (Å²) in [5, 5.41) is 0. The Morgan fingerprint density at radius 1 is 1.47 bits per heavy atom. The first-order valence-corrected chi connectivity index (χ1v) is 5.97. The summed E-state index contributed by atoms with van der Waals surface area (Å²) >= 11 is 0. The van der Waals surface area contributed by atoms with E-state index in [0.717, 1.165) is 11.6 Å². The van der Waals surface area contributed by atoms with Crippen LogP contribution in [0.25, 0.3) is 0 Å². The molecule has 1 atom stereocenters. The van der Waals surface area contributed by atoms with Crippen molar-refractivity contribution in [3.8, 4) is 0 Å². The zero-order valence-corrected chi connectivity index (χ0v) is 9.74. The van der Waals surface area contributed by atoms with E-state index in [9.17, 15) is 0 Å². The summed E-state index contributed by atoms with van der Waals surface area (Å²) in [7, 11) is 0. The zero-order chi connectivity index (χ0) is 10.7. The van der Waals surface area contributed by atoms with Gasteiger partial charge < -0.3 is 4.90 Å². The molecule has 1 unspecified atom stereocenters. The van der Waals surface area contributed by atoms with Crippen molar-refractivity contribution >= 4 is 5.69 Å². The molecule has 1 saturated heterocycles. The molecule has 2 heteroatoms. The Hall–Kier alpha value is -1.05. The maximum atomic E-state index is 4.36. The van der Waals surface area contributed by atoms with E-state index in [1.807, 2.05) is 13.1 Å². The van der Waals surface area contributed by atoms with Crippen molar-refractivity contribution in [3.05, 3.63) is 24.0 Å². The molecular formula is C13H20N2. The fourth-order valence-electron chi connectivity index (χ4n) is 2.28. The molecule has 2 heterocycles. The molecule has 15 heavy (non-hydrogen) atoms. The van der Waals surface area contributed by atoms with Crippen LogP contribution in [0.1, 0.15) is 31.9 Å². The van der Waals surface area contributed by atoms with Gasteiger partial charge >= 0.3 is 0 Å². The maximum absolute atomic E-state index is 4.36. The second-order valence-electron chi connectivity index (χ2n) is 4.52. The predicted octanol–water partition coefficient (Wildman–Crippen LogP) is 3.02. The Balaban J connectivity index is 2.06. The molecule has 1 aliphatic rings. The van der Waals surface area contributed by atoms with Gasteiger partial charge in [0.15, 0.2) is 0 Å². The molecule has 1 fully saturated rings. The summed E-state index contributed by atoms with van der Waals surface area (Å²) in [6, 6.07) is 4.30. The second kappa shape index (κ2) is 4.65. The van der Waals surface area contributed by atoms with Crippen LogP contribution in [0.4, 0.5) is 5.69 Å². The summed E-state index contributed by atoms with van der Waals surface area (Å²) in [6.45, 7) is 6.73. The smallest absolute Gasteiger partial charge is 0.0553 e. The number of piperidine rings is 1. The molecule has 0 saturated carbocycles. The standard InChI is InChI=1S/C13H20N2/c1-3-12-5-4-8-15(10-12)13-7-6-11(2)14-9-13/h6-7,9,12H,3-5,8,10H2,1-2H3. The fraction of sp³-hybridized carbons (Fsp3) is 0.615. The van der Waals surface area contributed by atoms with E-state index in [0.29, 0.717) is 0 Å². The Morgan fingerprint density at radius 2 is 2.33 bits per heavy atom. The minimum atomic E-state index is 0.875. The lowest BCUT2D eigenvalue weighted by molar-refractivity contribution is 0.404. The minimum absolute atomic E-state index is 0.875. The van der Waals surface area contributed by atoms with Crippen LogP contribution in [0, 0.1) is 12.8 Å². The minimum Gasteiger partial charge on any atom is -0.370 e. The third-order valence-corrected chi connectivity index (χ3v) is 3.36. The SMILES string of the molecule is CCC1CCCN(c2ccc(C)nc2)C1. The van der Waals surface area contributed by atoms with Gasteiger partial charge in [-0.3, -0.25) is 4.98 Å². The average molecular weight is 204 g/mol. The molecular weight excluding hydrogens is 184 g/mol. The van der Waals surface area contributed by atoms with Crippen molar-refractivity contribution in [2.24, 2.45) is 5.92 Å². The van der Waals surface area contributed by atoms with Crippen molar-refractivity contribution in [2.45, 2.75) is 33.1 Å².